The lowest BCUT2D eigenvalue weighted by atomic mass is 10.1. The molecule has 0 fully saturated rings. The molecule has 2 rings (SSSR count). The number of benzene rings is 2. The van der Waals surface area contributed by atoms with E-state index in [1.165, 1.54) is 4.90 Å². The van der Waals surface area contributed by atoms with Gasteiger partial charge in [-0.1, -0.05) is 44.2 Å². The molecule has 2 aromatic carbocycles. The molecule has 0 aliphatic rings. The van der Waals surface area contributed by atoms with Crippen LogP contribution in [0.4, 0.5) is 5.69 Å². The summed E-state index contributed by atoms with van der Waals surface area (Å²) < 4.78 is 31.7. The van der Waals surface area contributed by atoms with Crippen molar-refractivity contribution in [1.29, 1.82) is 0 Å². The summed E-state index contributed by atoms with van der Waals surface area (Å²) in [6, 6.07) is 13.5. The van der Waals surface area contributed by atoms with E-state index in [1.807, 2.05) is 26.0 Å². The minimum Gasteiger partial charge on any atom is -0.497 e. The zero-order valence-corrected chi connectivity index (χ0v) is 21.4. The number of hydrogen-bond acceptors (Lipinski definition) is 5. The van der Waals surface area contributed by atoms with Crippen molar-refractivity contribution in [2.24, 2.45) is 0 Å². The lowest BCUT2D eigenvalue weighted by Crippen LogP contribution is -2.52. The molecule has 2 aromatic rings. The summed E-state index contributed by atoms with van der Waals surface area (Å²) in [5.74, 6) is -0.0940. The first-order valence-electron chi connectivity index (χ1n) is 11.4. The van der Waals surface area contributed by atoms with Crippen molar-refractivity contribution in [1.82, 2.24) is 10.2 Å². The molecule has 0 aliphatic heterocycles. The van der Waals surface area contributed by atoms with Gasteiger partial charge in [0.2, 0.25) is 21.8 Å². The molecule has 1 unspecified atom stereocenters. The smallest absolute Gasteiger partial charge is 0.244 e. The van der Waals surface area contributed by atoms with Crippen molar-refractivity contribution < 1.29 is 22.7 Å². The molecule has 9 heteroatoms. The van der Waals surface area contributed by atoms with E-state index >= 15 is 0 Å². The topological polar surface area (TPSA) is 96.0 Å². The van der Waals surface area contributed by atoms with Crippen LogP contribution < -0.4 is 14.4 Å². The number of amides is 2. The van der Waals surface area contributed by atoms with Gasteiger partial charge in [0.1, 0.15) is 18.3 Å². The summed E-state index contributed by atoms with van der Waals surface area (Å²) in [4.78, 5) is 28.0. The van der Waals surface area contributed by atoms with Gasteiger partial charge in [-0.05, 0) is 49.1 Å². The van der Waals surface area contributed by atoms with Gasteiger partial charge in [-0.2, -0.15) is 0 Å². The Bertz CT molecular complexity index is 1090. The highest BCUT2D eigenvalue weighted by Gasteiger charge is 2.32. The van der Waals surface area contributed by atoms with Crippen LogP contribution in [0.5, 0.6) is 5.75 Å². The Morgan fingerprint density at radius 3 is 2.38 bits per heavy atom. The Morgan fingerprint density at radius 1 is 1.09 bits per heavy atom. The maximum Gasteiger partial charge on any atom is 0.244 e. The monoisotopic (exact) mass is 489 g/mol. The molecular weight excluding hydrogens is 454 g/mol. The van der Waals surface area contributed by atoms with E-state index in [4.69, 9.17) is 4.74 Å². The summed E-state index contributed by atoms with van der Waals surface area (Å²) in [7, 11) is -2.20. The van der Waals surface area contributed by atoms with E-state index in [-0.39, 0.29) is 12.5 Å². The zero-order valence-electron chi connectivity index (χ0n) is 20.6. The second kappa shape index (κ2) is 12.4. The predicted octanol–water partition coefficient (Wildman–Crippen LogP) is 3.10. The number of methoxy groups -OCH3 is 1. The molecule has 2 amide bonds. The average Bonchev–Trinajstić information content (AvgIpc) is 2.80. The number of hydrogen-bond donors (Lipinski definition) is 1. The first-order chi connectivity index (χ1) is 16.1. The van der Waals surface area contributed by atoms with Gasteiger partial charge in [-0.25, -0.2) is 8.42 Å². The molecule has 0 radical (unpaired) electrons. The lowest BCUT2D eigenvalue weighted by molar-refractivity contribution is -0.140. The lowest BCUT2D eigenvalue weighted by Gasteiger charge is -2.33. The van der Waals surface area contributed by atoms with Crippen molar-refractivity contribution in [3.8, 4) is 5.75 Å². The Hall–Kier alpha value is -3.07. The van der Waals surface area contributed by atoms with Gasteiger partial charge in [-0.3, -0.25) is 13.9 Å². The van der Waals surface area contributed by atoms with Crippen LogP contribution in [0.25, 0.3) is 0 Å². The van der Waals surface area contributed by atoms with Crippen molar-refractivity contribution in [2.75, 3.05) is 30.8 Å². The van der Waals surface area contributed by atoms with Gasteiger partial charge in [0.25, 0.3) is 0 Å². The van der Waals surface area contributed by atoms with Crippen LogP contribution in [-0.4, -0.2) is 57.6 Å². The largest absolute Gasteiger partial charge is 0.497 e. The molecule has 0 saturated heterocycles. The first kappa shape index (κ1) is 27.2. The van der Waals surface area contributed by atoms with E-state index in [0.717, 1.165) is 28.1 Å². The van der Waals surface area contributed by atoms with Crippen molar-refractivity contribution in [3.05, 3.63) is 59.7 Å². The number of ether oxygens (including phenoxy) is 1. The number of para-hydroxylation sites is 1. The van der Waals surface area contributed by atoms with E-state index in [2.05, 4.69) is 5.32 Å². The van der Waals surface area contributed by atoms with Crippen molar-refractivity contribution in [2.45, 2.75) is 46.2 Å². The van der Waals surface area contributed by atoms with Crippen molar-refractivity contribution in [3.63, 3.8) is 0 Å². The normalized spacial score (nSPS) is 12.0. The van der Waals surface area contributed by atoms with Gasteiger partial charge in [-0.15, -0.1) is 0 Å². The second-order valence-corrected chi connectivity index (χ2v) is 10.1. The Morgan fingerprint density at radius 2 is 1.79 bits per heavy atom. The number of sulfonamides is 1. The summed E-state index contributed by atoms with van der Waals surface area (Å²) in [5, 5.41) is 2.86. The fraction of sp³-hybridized carbons (Fsp3) is 0.440. The maximum atomic E-state index is 13.6. The number of aryl methyl sites for hydroxylation is 1. The quantitative estimate of drug-likeness (QED) is 0.494. The standard InChI is InChI=1S/C25H35N3O5S/c1-6-15-26-25(30)22(7-2)27(17-20-12-10-13-21(16-20)33-4)24(29)18-28(34(5,31)32)23-14-9-8-11-19(23)3/h8-14,16,22H,6-7,15,17-18H2,1-5H3,(H,26,30). The summed E-state index contributed by atoms with van der Waals surface area (Å²) >= 11 is 0. The number of carbonyl (C=O) groups excluding carboxylic acids is 2. The molecule has 8 nitrogen and oxygen atoms in total. The molecule has 0 aliphatic carbocycles. The minimum atomic E-state index is -3.75. The molecule has 0 saturated carbocycles. The molecular formula is C25H35N3O5S. The number of rotatable bonds is 12. The van der Waals surface area contributed by atoms with E-state index in [9.17, 15) is 18.0 Å². The van der Waals surface area contributed by atoms with Crippen LogP contribution >= 0.6 is 0 Å². The van der Waals surface area contributed by atoms with Gasteiger partial charge < -0.3 is 15.0 Å². The van der Waals surface area contributed by atoms with Crippen LogP contribution in [0.1, 0.15) is 37.8 Å². The Kier molecular flexibility index (Phi) is 9.92. The SMILES string of the molecule is CCCNC(=O)C(CC)N(Cc1cccc(OC)c1)C(=O)CN(c1ccccc1C)S(C)(=O)=O. The number of anilines is 1. The fourth-order valence-corrected chi connectivity index (χ4v) is 4.60. The van der Waals surface area contributed by atoms with E-state index in [0.29, 0.717) is 24.4 Å². The average molecular weight is 490 g/mol. The molecule has 0 heterocycles. The second-order valence-electron chi connectivity index (χ2n) is 8.14. The molecule has 34 heavy (non-hydrogen) atoms. The van der Waals surface area contributed by atoms with E-state index in [1.54, 1.807) is 50.4 Å². The highest BCUT2D eigenvalue weighted by molar-refractivity contribution is 7.92. The first-order valence-corrected chi connectivity index (χ1v) is 13.2. The van der Waals surface area contributed by atoms with Gasteiger partial charge in [0, 0.05) is 13.1 Å². The third-order valence-electron chi connectivity index (χ3n) is 5.49. The molecule has 0 spiro atoms. The highest BCUT2D eigenvalue weighted by Crippen LogP contribution is 2.23. The molecule has 0 aromatic heterocycles. The van der Waals surface area contributed by atoms with Crippen LogP contribution in [0.2, 0.25) is 0 Å². The molecule has 186 valence electrons. The summed E-state index contributed by atoms with van der Waals surface area (Å²) in [6.07, 6.45) is 2.22. The fourth-order valence-electron chi connectivity index (χ4n) is 3.69. The molecule has 1 atom stereocenters. The number of carbonyl (C=O) groups is 2. The number of nitrogens with one attached hydrogen (secondary N) is 1. The summed E-state index contributed by atoms with van der Waals surface area (Å²) in [5.41, 5.74) is 1.94. The van der Waals surface area contributed by atoms with Crippen LogP contribution in [-0.2, 0) is 26.2 Å². The van der Waals surface area contributed by atoms with Crippen LogP contribution in [0, 0.1) is 6.92 Å². The molecule has 0 bridgehead atoms. The van der Waals surface area contributed by atoms with Crippen molar-refractivity contribution >= 4 is 27.5 Å². The third-order valence-corrected chi connectivity index (χ3v) is 6.61. The van der Waals surface area contributed by atoms with Gasteiger partial charge >= 0.3 is 0 Å². The highest BCUT2D eigenvalue weighted by atomic mass is 32.2. The maximum absolute atomic E-state index is 13.6. The Balaban J connectivity index is 2.45. The minimum absolute atomic E-state index is 0.138. The third kappa shape index (κ3) is 7.21. The summed E-state index contributed by atoms with van der Waals surface area (Å²) in [6.45, 7) is 5.79. The van der Waals surface area contributed by atoms with Crippen LogP contribution in [0.3, 0.4) is 0 Å². The number of nitrogens with zero attached hydrogens (tertiary/aromatic N) is 2. The molecule has 1 N–H and O–H groups in total. The van der Waals surface area contributed by atoms with Crippen LogP contribution in [0.15, 0.2) is 48.5 Å². The van der Waals surface area contributed by atoms with E-state index < -0.39 is 28.5 Å². The zero-order chi connectivity index (χ0) is 25.3. The van der Waals surface area contributed by atoms with Gasteiger partial charge in [0.05, 0.1) is 19.1 Å². The van der Waals surface area contributed by atoms with Gasteiger partial charge in [0.15, 0.2) is 0 Å². The predicted molar refractivity (Wildman–Crippen MR) is 134 cm³/mol. The Labute approximate surface area is 202 Å².